The standard InChI is InChI=1S/C10H20.C9H8O4/c1-3-5-7-9-10-8-6-4-2;1-5-6(8(10)11)3-2-4-7(5)9(12)13/h3H,1,4-10H2,2H3;2-4H,1H3,(H,10,11)(H,12,13). The van der Waals surface area contributed by atoms with E-state index in [1.54, 1.807) is 0 Å². The molecule has 0 amide bonds. The number of hydrogen-bond acceptors (Lipinski definition) is 2. The van der Waals surface area contributed by atoms with E-state index in [9.17, 15) is 9.59 Å². The van der Waals surface area contributed by atoms with Crippen LogP contribution in [0.1, 0.15) is 78.1 Å². The second-order valence-corrected chi connectivity index (χ2v) is 5.43. The lowest BCUT2D eigenvalue weighted by molar-refractivity contribution is 0.0696. The summed E-state index contributed by atoms with van der Waals surface area (Å²) in [6.45, 7) is 7.43. The van der Waals surface area contributed by atoms with Crippen LogP contribution in [-0.2, 0) is 0 Å². The van der Waals surface area contributed by atoms with Crippen LogP contribution < -0.4 is 0 Å². The molecule has 2 N–H and O–H groups in total. The first-order valence-electron chi connectivity index (χ1n) is 8.12. The van der Waals surface area contributed by atoms with Crippen LogP contribution in [0.3, 0.4) is 0 Å². The van der Waals surface area contributed by atoms with Crippen LogP contribution in [0.2, 0.25) is 0 Å². The maximum absolute atomic E-state index is 10.6. The molecule has 0 radical (unpaired) electrons. The Bertz CT molecular complexity index is 474. The molecule has 128 valence electrons. The van der Waals surface area contributed by atoms with Gasteiger partial charge in [-0.15, -0.1) is 6.58 Å². The van der Waals surface area contributed by atoms with Crippen LogP contribution >= 0.6 is 0 Å². The van der Waals surface area contributed by atoms with E-state index >= 15 is 0 Å². The second kappa shape index (κ2) is 12.4. The third-order valence-corrected chi connectivity index (χ3v) is 3.56. The van der Waals surface area contributed by atoms with Gasteiger partial charge in [0.15, 0.2) is 0 Å². The number of hydrogen-bond donors (Lipinski definition) is 2. The predicted molar refractivity (Wildman–Crippen MR) is 93.3 cm³/mol. The molecule has 0 fully saturated rings. The fraction of sp³-hybridized carbons (Fsp3) is 0.474. The molecule has 0 bridgehead atoms. The summed E-state index contributed by atoms with van der Waals surface area (Å²) in [4.78, 5) is 21.2. The van der Waals surface area contributed by atoms with Crippen molar-refractivity contribution in [2.24, 2.45) is 0 Å². The number of unbranched alkanes of at least 4 members (excludes halogenated alkanes) is 6. The first-order chi connectivity index (χ1) is 11.0. The summed E-state index contributed by atoms with van der Waals surface area (Å²) < 4.78 is 0. The van der Waals surface area contributed by atoms with Gasteiger partial charge in [-0.25, -0.2) is 9.59 Å². The van der Waals surface area contributed by atoms with E-state index < -0.39 is 11.9 Å². The van der Waals surface area contributed by atoms with E-state index in [0.717, 1.165) is 0 Å². The zero-order chi connectivity index (χ0) is 17.7. The van der Waals surface area contributed by atoms with Crippen molar-refractivity contribution >= 4 is 11.9 Å². The van der Waals surface area contributed by atoms with E-state index in [2.05, 4.69) is 13.5 Å². The molecule has 0 saturated heterocycles. The topological polar surface area (TPSA) is 74.6 Å². The number of carboxylic acids is 2. The van der Waals surface area contributed by atoms with Crippen LogP contribution in [0.4, 0.5) is 0 Å². The van der Waals surface area contributed by atoms with E-state index in [1.807, 2.05) is 6.08 Å². The van der Waals surface area contributed by atoms with Gasteiger partial charge in [0.05, 0.1) is 11.1 Å². The van der Waals surface area contributed by atoms with E-state index in [0.29, 0.717) is 0 Å². The number of aromatic carboxylic acids is 2. The van der Waals surface area contributed by atoms with E-state index in [1.165, 1.54) is 70.1 Å². The van der Waals surface area contributed by atoms with Gasteiger partial charge in [0.2, 0.25) is 0 Å². The summed E-state index contributed by atoms with van der Waals surface area (Å²) in [6.07, 6.45) is 11.6. The highest BCUT2D eigenvalue weighted by molar-refractivity contribution is 5.96. The zero-order valence-electron chi connectivity index (χ0n) is 14.2. The minimum Gasteiger partial charge on any atom is -0.478 e. The Morgan fingerprint density at radius 2 is 1.48 bits per heavy atom. The number of carbonyl (C=O) groups is 2. The van der Waals surface area contributed by atoms with Crippen LogP contribution in [0.25, 0.3) is 0 Å². The SMILES string of the molecule is C=CCCCCCCCC.Cc1c(C(=O)O)cccc1C(=O)O. The van der Waals surface area contributed by atoms with Gasteiger partial charge in [0, 0.05) is 0 Å². The van der Waals surface area contributed by atoms with Crippen molar-refractivity contribution in [3.63, 3.8) is 0 Å². The maximum Gasteiger partial charge on any atom is 0.335 e. The number of allylic oxidation sites excluding steroid dienone is 1. The minimum atomic E-state index is -1.11. The summed E-state index contributed by atoms with van der Waals surface area (Å²) in [5.41, 5.74) is 0.335. The Hall–Kier alpha value is -2.10. The molecule has 0 aliphatic carbocycles. The van der Waals surface area contributed by atoms with Crippen molar-refractivity contribution < 1.29 is 19.8 Å². The van der Waals surface area contributed by atoms with Crippen LogP contribution in [-0.4, -0.2) is 22.2 Å². The molecule has 0 aromatic heterocycles. The van der Waals surface area contributed by atoms with Crippen molar-refractivity contribution in [1.82, 2.24) is 0 Å². The average molecular weight is 320 g/mol. The lowest BCUT2D eigenvalue weighted by Crippen LogP contribution is -2.06. The summed E-state index contributed by atoms with van der Waals surface area (Å²) in [5, 5.41) is 17.4. The Kier molecular flexibility index (Phi) is 11.3. The quantitative estimate of drug-likeness (QED) is 0.477. The van der Waals surface area contributed by atoms with Crippen molar-refractivity contribution in [3.05, 3.63) is 47.5 Å². The van der Waals surface area contributed by atoms with Crippen molar-refractivity contribution in [2.45, 2.75) is 58.8 Å². The Morgan fingerprint density at radius 1 is 1.00 bits per heavy atom. The van der Waals surface area contributed by atoms with Gasteiger partial charge < -0.3 is 10.2 Å². The second-order valence-electron chi connectivity index (χ2n) is 5.43. The van der Waals surface area contributed by atoms with Gasteiger partial charge in [0.25, 0.3) is 0 Å². The van der Waals surface area contributed by atoms with E-state index in [4.69, 9.17) is 10.2 Å². The van der Waals surface area contributed by atoms with Crippen molar-refractivity contribution in [2.75, 3.05) is 0 Å². The fourth-order valence-electron chi connectivity index (χ4n) is 2.17. The summed E-state index contributed by atoms with van der Waals surface area (Å²) >= 11 is 0. The van der Waals surface area contributed by atoms with Gasteiger partial charge in [0.1, 0.15) is 0 Å². The minimum absolute atomic E-state index is 0.0277. The first kappa shape index (κ1) is 20.9. The largest absolute Gasteiger partial charge is 0.478 e. The molecule has 0 aliphatic heterocycles. The van der Waals surface area contributed by atoms with Gasteiger partial charge in [-0.3, -0.25) is 0 Å². The molecular formula is C19H28O4. The van der Waals surface area contributed by atoms with Gasteiger partial charge >= 0.3 is 11.9 Å². The lowest BCUT2D eigenvalue weighted by atomic mass is 10.0. The molecule has 23 heavy (non-hydrogen) atoms. The molecule has 0 unspecified atom stereocenters. The molecule has 4 heteroatoms. The number of carboxylic acid groups (broad SMARTS) is 2. The van der Waals surface area contributed by atoms with Crippen molar-refractivity contribution in [1.29, 1.82) is 0 Å². The smallest absolute Gasteiger partial charge is 0.335 e. The van der Waals surface area contributed by atoms with Crippen molar-refractivity contribution in [3.8, 4) is 0 Å². The average Bonchev–Trinajstić information content (AvgIpc) is 2.51. The molecule has 4 nitrogen and oxygen atoms in total. The number of rotatable bonds is 9. The molecule has 0 atom stereocenters. The molecule has 1 aromatic rings. The Labute approximate surface area is 138 Å². The highest BCUT2D eigenvalue weighted by atomic mass is 16.4. The normalized spacial score (nSPS) is 9.65. The van der Waals surface area contributed by atoms with E-state index in [-0.39, 0.29) is 16.7 Å². The molecule has 0 aliphatic rings. The fourth-order valence-corrected chi connectivity index (χ4v) is 2.17. The van der Waals surface area contributed by atoms with Gasteiger partial charge in [-0.1, -0.05) is 51.2 Å². The van der Waals surface area contributed by atoms with Crippen LogP contribution in [0.5, 0.6) is 0 Å². The van der Waals surface area contributed by atoms with Crippen LogP contribution in [0.15, 0.2) is 30.9 Å². The Morgan fingerprint density at radius 3 is 1.91 bits per heavy atom. The Balaban J connectivity index is 0.000000438. The molecular weight excluding hydrogens is 292 g/mol. The highest BCUT2D eigenvalue weighted by Gasteiger charge is 2.13. The summed E-state index contributed by atoms with van der Waals surface area (Å²) in [7, 11) is 0. The number of benzene rings is 1. The third kappa shape index (κ3) is 8.81. The molecule has 0 heterocycles. The third-order valence-electron chi connectivity index (χ3n) is 3.56. The predicted octanol–water partition coefficient (Wildman–Crippen LogP) is 5.31. The van der Waals surface area contributed by atoms with Gasteiger partial charge in [-0.2, -0.15) is 0 Å². The molecule has 1 aromatic carbocycles. The van der Waals surface area contributed by atoms with Gasteiger partial charge in [-0.05, 0) is 37.5 Å². The lowest BCUT2D eigenvalue weighted by Gasteiger charge is -2.03. The van der Waals surface area contributed by atoms with Crippen LogP contribution in [0, 0.1) is 6.92 Å². The first-order valence-corrected chi connectivity index (χ1v) is 8.12. The monoisotopic (exact) mass is 320 g/mol. The summed E-state index contributed by atoms with van der Waals surface area (Å²) in [6, 6.07) is 4.17. The molecule has 0 saturated carbocycles. The molecule has 1 rings (SSSR count). The summed E-state index contributed by atoms with van der Waals surface area (Å²) in [5.74, 6) is -2.22. The highest BCUT2D eigenvalue weighted by Crippen LogP contribution is 2.13. The zero-order valence-corrected chi connectivity index (χ0v) is 14.2. The molecule has 0 spiro atoms. The maximum atomic E-state index is 10.6.